The van der Waals surface area contributed by atoms with Crippen LogP contribution >= 0.6 is 0 Å². The molecule has 0 spiro atoms. The van der Waals surface area contributed by atoms with Crippen LogP contribution in [0.2, 0.25) is 0 Å². The monoisotopic (exact) mass is 288 g/mol. The van der Waals surface area contributed by atoms with Gasteiger partial charge in [-0.05, 0) is 31.4 Å². The first-order valence-corrected chi connectivity index (χ1v) is 6.45. The lowest BCUT2D eigenvalue weighted by Gasteiger charge is -2.21. The second-order valence-electron chi connectivity index (χ2n) is 4.69. The summed E-state index contributed by atoms with van der Waals surface area (Å²) in [5.41, 5.74) is 0.209. The molecule has 0 amide bonds. The van der Waals surface area contributed by atoms with Crippen LogP contribution in [-0.4, -0.2) is 24.9 Å². The highest BCUT2D eigenvalue weighted by Gasteiger charge is 2.31. The summed E-state index contributed by atoms with van der Waals surface area (Å²) in [6.07, 6.45) is -1.90. The van der Waals surface area contributed by atoms with Gasteiger partial charge in [0.2, 0.25) is 0 Å². The van der Waals surface area contributed by atoms with Crippen molar-refractivity contribution in [3.63, 3.8) is 0 Å². The predicted octanol–water partition coefficient (Wildman–Crippen LogP) is 3.73. The molecule has 1 aromatic rings. The Kier molecular flexibility index (Phi) is 4.65. The van der Waals surface area contributed by atoms with Gasteiger partial charge in [0.25, 0.3) is 0 Å². The summed E-state index contributed by atoms with van der Waals surface area (Å²) in [4.78, 5) is 12.0. The van der Waals surface area contributed by atoms with E-state index in [1.165, 1.54) is 18.2 Å². The smallest absolute Gasteiger partial charge is 0.406 e. The summed E-state index contributed by atoms with van der Waals surface area (Å²) in [5, 5.41) is 0. The van der Waals surface area contributed by atoms with Crippen LogP contribution in [0.3, 0.4) is 0 Å². The van der Waals surface area contributed by atoms with Crippen LogP contribution in [0.4, 0.5) is 13.2 Å². The topological polar surface area (TPSA) is 35.5 Å². The molecular weight excluding hydrogens is 273 g/mol. The molecule has 1 aliphatic rings. The molecule has 0 saturated carbocycles. The van der Waals surface area contributed by atoms with Gasteiger partial charge in [0, 0.05) is 18.6 Å². The lowest BCUT2D eigenvalue weighted by atomic mass is 10.00. The van der Waals surface area contributed by atoms with E-state index in [-0.39, 0.29) is 29.6 Å². The molecule has 1 heterocycles. The van der Waals surface area contributed by atoms with Gasteiger partial charge in [-0.25, -0.2) is 0 Å². The number of alkyl halides is 3. The molecular formula is C14H15F3O3. The van der Waals surface area contributed by atoms with E-state index >= 15 is 0 Å². The largest absolute Gasteiger partial charge is 0.573 e. The van der Waals surface area contributed by atoms with E-state index < -0.39 is 6.36 Å². The summed E-state index contributed by atoms with van der Waals surface area (Å²) in [7, 11) is 0. The van der Waals surface area contributed by atoms with E-state index in [9.17, 15) is 18.0 Å². The van der Waals surface area contributed by atoms with Crippen molar-refractivity contribution in [1.82, 2.24) is 0 Å². The van der Waals surface area contributed by atoms with Gasteiger partial charge in [0.15, 0.2) is 5.78 Å². The number of carbonyl (C=O) groups is 1. The van der Waals surface area contributed by atoms with Gasteiger partial charge in [-0.3, -0.25) is 4.79 Å². The summed E-state index contributed by atoms with van der Waals surface area (Å²) in [5.74, 6) is -0.613. The van der Waals surface area contributed by atoms with Gasteiger partial charge in [-0.15, -0.1) is 13.2 Å². The first kappa shape index (κ1) is 14.8. The van der Waals surface area contributed by atoms with Crippen LogP contribution in [0.25, 0.3) is 0 Å². The van der Waals surface area contributed by atoms with Crippen molar-refractivity contribution in [2.24, 2.45) is 0 Å². The molecule has 1 saturated heterocycles. The number of carbonyl (C=O) groups excluding carboxylic acids is 1. The normalized spacial score (nSPS) is 19.6. The molecule has 2 rings (SSSR count). The highest BCUT2D eigenvalue weighted by atomic mass is 19.4. The first-order valence-electron chi connectivity index (χ1n) is 6.45. The van der Waals surface area contributed by atoms with Crippen molar-refractivity contribution in [3.8, 4) is 5.75 Å². The lowest BCUT2D eigenvalue weighted by molar-refractivity contribution is -0.274. The van der Waals surface area contributed by atoms with Crippen LogP contribution in [0.15, 0.2) is 24.3 Å². The van der Waals surface area contributed by atoms with Crippen LogP contribution in [0.5, 0.6) is 5.75 Å². The summed E-state index contributed by atoms with van der Waals surface area (Å²) < 4.78 is 45.6. The Morgan fingerprint density at radius 2 is 2.15 bits per heavy atom. The van der Waals surface area contributed by atoms with Crippen molar-refractivity contribution in [2.75, 3.05) is 6.61 Å². The molecule has 20 heavy (non-hydrogen) atoms. The Morgan fingerprint density at radius 1 is 1.35 bits per heavy atom. The zero-order valence-corrected chi connectivity index (χ0v) is 10.8. The second kappa shape index (κ2) is 6.26. The number of ether oxygens (including phenoxy) is 2. The Bertz CT molecular complexity index is 465. The maximum Gasteiger partial charge on any atom is 0.573 e. The number of hydrogen-bond donors (Lipinski definition) is 0. The van der Waals surface area contributed by atoms with Crippen molar-refractivity contribution in [3.05, 3.63) is 29.8 Å². The lowest BCUT2D eigenvalue weighted by Crippen LogP contribution is -2.22. The average molecular weight is 288 g/mol. The first-order chi connectivity index (χ1) is 9.44. The molecule has 0 aromatic heterocycles. The fourth-order valence-electron chi connectivity index (χ4n) is 2.16. The Labute approximate surface area is 114 Å². The molecule has 1 aromatic carbocycles. The van der Waals surface area contributed by atoms with Crippen molar-refractivity contribution in [2.45, 2.75) is 38.1 Å². The van der Waals surface area contributed by atoms with Crippen LogP contribution in [-0.2, 0) is 4.74 Å². The van der Waals surface area contributed by atoms with E-state index in [0.717, 1.165) is 25.3 Å². The molecule has 3 nitrogen and oxygen atoms in total. The molecule has 1 atom stereocenters. The van der Waals surface area contributed by atoms with Crippen LogP contribution in [0, 0.1) is 0 Å². The van der Waals surface area contributed by atoms with Gasteiger partial charge in [0.1, 0.15) is 5.75 Å². The second-order valence-corrected chi connectivity index (χ2v) is 4.69. The number of Topliss-reactive ketones (excluding diaryl/α,β-unsaturated/α-hetero) is 1. The number of hydrogen-bond acceptors (Lipinski definition) is 3. The molecule has 1 fully saturated rings. The van der Waals surface area contributed by atoms with Gasteiger partial charge in [-0.2, -0.15) is 0 Å². The number of rotatable bonds is 4. The zero-order chi connectivity index (χ0) is 14.6. The molecule has 0 bridgehead atoms. The fourth-order valence-corrected chi connectivity index (χ4v) is 2.16. The third-order valence-electron chi connectivity index (χ3n) is 3.08. The van der Waals surface area contributed by atoms with Gasteiger partial charge in [0.05, 0.1) is 6.10 Å². The minimum Gasteiger partial charge on any atom is -0.406 e. The Balaban J connectivity index is 2.00. The summed E-state index contributed by atoms with van der Waals surface area (Å²) in [6.45, 7) is 0.634. The van der Waals surface area contributed by atoms with Crippen molar-refractivity contribution in [1.29, 1.82) is 0 Å². The number of halogens is 3. The van der Waals surface area contributed by atoms with E-state index in [0.29, 0.717) is 6.61 Å². The zero-order valence-electron chi connectivity index (χ0n) is 10.8. The fraction of sp³-hybridized carbons (Fsp3) is 0.500. The standard InChI is InChI=1S/C14H15F3O3/c15-14(16,17)20-12-6-3-4-10(8-12)13(18)9-11-5-1-2-7-19-11/h3-4,6,8,11H,1-2,5,7,9H2. The maximum atomic E-state index is 12.1. The highest BCUT2D eigenvalue weighted by Crippen LogP contribution is 2.24. The molecule has 0 N–H and O–H groups in total. The van der Waals surface area contributed by atoms with Crippen LogP contribution < -0.4 is 4.74 Å². The molecule has 0 aliphatic carbocycles. The third-order valence-corrected chi connectivity index (χ3v) is 3.08. The van der Waals surface area contributed by atoms with E-state index in [1.807, 2.05) is 0 Å². The van der Waals surface area contributed by atoms with Crippen molar-refractivity contribution < 1.29 is 27.4 Å². The number of benzene rings is 1. The van der Waals surface area contributed by atoms with Gasteiger partial charge in [-0.1, -0.05) is 12.1 Å². The SMILES string of the molecule is O=C(CC1CCCCO1)c1cccc(OC(F)(F)F)c1. The van der Waals surface area contributed by atoms with E-state index in [2.05, 4.69) is 4.74 Å². The molecule has 6 heteroatoms. The van der Waals surface area contributed by atoms with E-state index in [4.69, 9.17) is 4.74 Å². The molecule has 1 aliphatic heterocycles. The quantitative estimate of drug-likeness (QED) is 0.792. The Morgan fingerprint density at radius 3 is 2.80 bits per heavy atom. The van der Waals surface area contributed by atoms with E-state index in [1.54, 1.807) is 0 Å². The predicted molar refractivity (Wildman–Crippen MR) is 65.7 cm³/mol. The minimum absolute atomic E-state index is 0.136. The van der Waals surface area contributed by atoms with Gasteiger partial charge < -0.3 is 9.47 Å². The molecule has 0 radical (unpaired) electrons. The average Bonchev–Trinajstić information content (AvgIpc) is 2.38. The molecule has 110 valence electrons. The van der Waals surface area contributed by atoms with Crippen LogP contribution in [0.1, 0.15) is 36.0 Å². The summed E-state index contributed by atoms with van der Waals surface area (Å²) >= 11 is 0. The number of ketones is 1. The maximum absolute atomic E-state index is 12.1. The van der Waals surface area contributed by atoms with Gasteiger partial charge >= 0.3 is 6.36 Å². The summed E-state index contributed by atoms with van der Waals surface area (Å²) in [6, 6.07) is 5.13. The van der Waals surface area contributed by atoms with Crippen molar-refractivity contribution >= 4 is 5.78 Å². The highest BCUT2D eigenvalue weighted by molar-refractivity contribution is 5.96. The Hall–Kier alpha value is -1.56. The molecule has 1 unspecified atom stereocenters. The third kappa shape index (κ3) is 4.52. The minimum atomic E-state index is -4.76.